The number of rotatable bonds is 3. The van der Waals surface area contributed by atoms with Crippen molar-refractivity contribution in [1.29, 1.82) is 0 Å². The number of benzene rings is 1. The van der Waals surface area contributed by atoms with E-state index in [2.05, 4.69) is 4.90 Å². The molecular weight excluding hydrogens is 245 g/mol. The number of aliphatic hydroxyl groups is 1. The highest BCUT2D eigenvalue weighted by molar-refractivity contribution is 6.35. The quantitative estimate of drug-likeness (QED) is 0.902. The maximum absolute atomic E-state index is 8.92. The first-order chi connectivity index (χ1) is 7.70. The summed E-state index contributed by atoms with van der Waals surface area (Å²) in [6, 6.07) is 5.54. The van der Waals surface area contributed by atoms with Crippen LogP contribution in [0.3, 0.4) is 0 Å². The Hall–Kier alpha value is -0.440. The van der Waals surface area contributed by atoms with Gasteiger partial charge in [-0.3, -0.25) is 0 Å². The van der Waals surface area contributed by atoms with Gasteiger partial charge in [0.25, 0.3) is 0 Å². The van der Waals surface area contributed by atoms with E-state index >= 15 is 0 Å². The summed E-state index contributed by atoms with van der Waals surface area (Å²) >= 11 is 12.1. The molecule has 2 rings (SSSR count). The van der Waals surface area contributed by atoms with Gasteiger partial charge in [-0.15, -0.1) is 0 Å². The third-order valence-corrected chi connectivity index (χ3v) is 3.63. The highest BCUT2D eigenvalue weighted by atomic mass is 35.5. The zero-order chi connectivity index (χ0) is 11.5. The van der Waals surface area contributed by atoms with E-state index in [-0.39, 0.29) is 6.61 Å². The number of anilines is 1. The molecule has 88 valence electrons. The summed E-state index contributed by atoms with van der Waals surface area (Å²) < 4.78 is 0. The Kier molecular flexibility index (Phi) is 3.95. The average Bonchev–Trinajstić information content (AvgIpc) is 2.71. The monoisotopic (exact) mass is 259 g/mol. The lowest BCUT2D eigenvalue weighted by Gasteiger charge is -2.20. The molecule has 0 saturated carbocycles. The van der Waals surface area contributed by atoms with Gasteiger partial charge in [-0.05, 0) is 37.0 Å². The molecule has 0 radical (unpaired) electrons. The summed E-state index contributed by atoms with van der Waals surface area (Å²) in [6.45, 7) is 2.22. The molecule has 0 amide bonds. The van der Waals surface area contributed by atoms with Crippen molar-refractivity contribution in [2.24, 2.45) is 5.92 Å². The third kappa shape index (κ3) is 2.62. The highest BCUT2D eigenvalue weighted by Gasteiger charge is 2.23. The average molecular weight is 260 g/mol. The van der Waals surface area contributed by atoms with Crippen molar-refractivity contribution < 1.29 is 5.11 Å². The van der Waals surface area contributed by atoms with Gasteiger partial charge in [0.1, 0.15) is 0 Å². The van der Waals surface area contributed by atoms with Crippen molar-refractivity contribution in [3.05, 3.63) is 28.2 Å². The Labute approximate surface area is 106 Å². The van der Waals surface area contributed by atoms with E-state index in [0.717, 1.165) is 36.6 Å². The third-order valence-electron chi connectivity index (χ3n) is 3.07. The van der Waals surface area contributed by atoms with Crippen LogP contribution in [0.1, 0.15) is 12.8 Å². The van der Waals surface area contributed by atoms with Crippen molar-refractivity contribution in [2.75, 3.05) is 24.6 Å². The molecule has 1 saturated heterocycles. The smallest absolute Gasteiger partial charge is 0.0640 e. The minimum atomic E-state index is 0.266. The van der Waals surface area contributed by atoms with Gasteiger partial charge in [0.15, 0.2) is 0 Å². The van der Waals surface area contributed by atoms with Gasteiger partial charge in [-0.25, -0.2) is 0 Å². The second kappa shape index (κ2) is 5.26. The maximum atomic E-state index is 8.92. The lowest BCUT2D eigenvalue weighted by molar-refractivity contribution is 0.263. The van der Waals surface area contributed by atoms with Crippen LogP contribution >= 0.6 is 23.2 Å². The Morgan fingerprint density at radius 2 is 2.19 bits per heavy atom. The van der Waals surface area contributed by atoms with E-state index < -0.39 is 0 Å². The molecule has 1 fully saturated rings. The van der Waals surface area contributed by atoms with E-state index in [1.165, 1.54) is 0 Å². The summed E-state index contributed by atoms with van der Waals surface area (Å²) in [4.78, 5) is 2.24. The molecule has 1 aromatic carbocycles. The Balaban J connectivity index is 2.11. The Bertz CT molecular complexity index is 370. The van der Waals surface area contributed by atoms with Crippen LogP contribution in [0.5, 0.6) is 0 Å². The molecule has 1 heterocycles. The van der Waals surface area contributed by atoms with Crippen molar-refractivity contribution >= 4 is 28.9 Å². The standard InChI is InChI=1S/C12H15Cl2NO/c13-10-1-2-11(14)12(7-10)15-5-3-9(8-15)4-6-16/h1-2,7,9,16H,3-6,8H2. The van der Waals surface area contributed by atoms with Crippen LogP contribution in [0, 0.1) is 5.92 Å². The van der Waals surface area contributed by atoms with Gasteiger partial charge < -0.3 is 10.0 Å². The Morgan fingerprint density at radius 1 is 1.38 bits per heavy atom. The van der Waals surface area contributed by atoms with Crippen LogP contribution in [0.15, 0.2) is 18.2 Å². The van der Waals surface area contributed by atoms with E-state index in [4.69, 9.17) is 28.3 Å². The minimum Gasteiger partial charge on any atom is -0.396 e. The lowest BCUT2D eigenvalue weighted by Crippen LogP contribution is -2.20. The van der Waals surface area contributed by atoms with Crippen LogP contribution < -0.4 is 4.90 Å². The molecule has 1 atom stereocenters. The molecular formula is C12H15Cl2NO. The topological polar surface area (TPSA) is 23.5 Å². The second-order valence-electron chi connectivity index (χ2n) is 4.21. The van der Waals surface area contributed by atoms with Crippen molar-refractivity contribution in [3.63, 3.8) is 0 Å². The van der Waals surface area contributed by atoms with Gasteiger partial charge in [0.05, 0.1) is 10.7 Å². The molecule has 1 aliphatic rings. The zero-order valence-electron chi connectivity index (χ0n) is 9.00. The number of halogens is 2. The Morgan fingerprint density at radius 3 is 2.94 bits per heavy atom. The fourth-order valence-corrected chi connectivity index (χ4v) is 2.60. The van der Waals surface area contributed by atoms with Crippen molar-refractivity contribution in [2.45, 2.75) is 12.8 Å². The van der Waals surface area contributed by atoms with Crippen LogP contribution in [0.4, 0.5) is 5.69 Å². The molecule has 1 unspecified atom stereocenters. The number of hydrogen-bond acceptors (Lipinski definition) is 2. The first-order valence-electron chi connectivity index (χ1n) is 5.51. The molecule has 0 bridgehead atoms. The predicted octanol–water partition coefficient (Wildman–Crippen LogP) is 3.20. The molecule has 4 heteroatoms. The molecule has 16 heavy (non-hydrogen) atoms. The van der Waals surface area contributed by atoms with Crippen LogP contribution in [-0.2, 0) is 0 Å². The lowest BCUT2D eigenvalue weighted by atomic mass is 10.1. The fraction of sp³-hybridized carbons (Fsp3) is 0.500. The van der Waals surface area contributed by atoms with E-state index in [1.807, 2.05) is 12.1 Å². The van der Waals surface area contributed by atoms with Gasteiger partial charge in [0.2, 0.25) is 0 Å². The van der Waals surface area contributed by atoms with Gasteiger partial charge in [0, 0.05) is 24.7 Å². The predicted molar refractivity (Wildman–Crippen MR) is 68.5 cm³/mol. The molecule has 0 aromatic heterocycles. The molecule has 1 aromatic rings. The molecule has 1 aliphatic heterocycles. The first-order valence-corrected chi connectivity index (χ1v) is 6.27. The number of nitrogens with zero attached hydrogens (tertiary/aromatic N) is 1. The van der Waals surface area contributed by atoms with E-state index in [1.54, 1.807) is 6.07 Å². The van der Waals surface area contributed by atoms with E-state index in [9.17, 15) is 0 Å². The van der Waals surface area contributed by atoms with Crippen molar-refractivity contribution in [1.82, 2.24) is 0 Å². The molecule has 0 spiro atoms. The fourth-order valence-electron chi connectivity index (χ4n) is 2.20. The van der Waals surface area contributed by atoms with Crippen LogP contribution in [-0.4, -0.2) is 24.8 Å². The van der Waals surface area contributed by atoms with E-state index in [0.29, 0.717) is 10.9 Å². The highest BCUT2D eigenvalue weighted by Crippen LogP contribution is 2.33. The zero-order valence-corrected chi connectivity index (χ0v) is 10.5. The maximum Gasteiger partial charge on any atom is 0.0640 e. The number of hydrogen-bond donors (Lipinski definition) is 1. The molecule has 2 nitrogen and oxygen atoms in total. The minimum absolute atomic E-state index is 0.266. The SMILES string of the molecule is OCCC1CCN(c2cc(Cl)ccc2Cl)C1. The second-order valence-corrected chi connectivity index (χ2v) is 5.05. The van der Waals surface area contributed by atoms with Gasteiger partial charge in [-0.1, -0.05) is 23.2 Å². The number of aliphatic hydroxyl groups excluding tert-OH is 1. The van der Waals surface area contributed by atoms with Gasteiger partial charge >= 0.3 is 0 Å². The first kappa shape index (κ1) is 12.0. The summed E-state index contributed by atoms with van der Waals surface area (Å²) in [7, 11) is 0. The van der Waals surface area contributed by atoms with Crippen LogP contribution in [0.2, 0.25) is 10.0 Å². The molecule has 1 N–H and O–H groups in total. The summed E-state index contributed by atoms with van der Waals surface area (Å²) in [6.07, 6.45) is 1.98. The largest absolute Gasteiger partial charge is 0.396 e. The molecule has 0 aliphatic carbocycles. The van der Waals surface area contributed by atoms with Crippen molar-refractivity contribution in [3.8, 4) is 0 Å². The summed E-state index contributed by atoms with van der Waals surface area (Å²) in [5, 5.41) is 10.4. The summed E-state index contributed by atoms with van der Waals surface area (Å²) in [5.41, 5.74) is 1.01. The summed E-state index contributed by atoms with van der Waals surface area (Å²) in [5.74, 6) is 0.569. The van der Waals surface area contributed by atoms with Crippen LogP contribution in [0.25, 0.3) is 0 Å². The normalized spacial score (nSPS) is 20.4. The van der Waals surface area contributed by atoms with Gasteiger partial charge in [-0.2, -0.15) is 0 Å².